The van der Waals surface area contributed by atoms with Crippen molar-refractivity contribution in [2.24, 2.45) is 0 Å². The quantitative estimate of drug-likeness (QED) is 0.230. The summed E-state index contributed by atoms with van der Waals surface area (Å²) >= 11 is 0. The van der Waals surface area contributed by atoms with E-state index in [1.54, 1.807) is 31.2 Å². The number of nitrogens with one attached hydrogen (secondary N) is 3. The van der Waals surface area contributed by atoms with Crippen molar-refractivity contribution in [3.8, 4) is 0 Å². The molecule has 2 aromatic rings. The van der Waals surface area contributed by atoms with E-state index in [-0.39, 0.29) is 13.1 Å². The normalized spacial score (nSPS) is 12.8. The molecule has 0 fully saturated rings. The molecule has 0 saturated carbocycles. The molecule has 196 valence electrons. The Bertz CT molecular complexity index is 1170. The van der Waals surface area contributed by atoms with Crippen molar-refractivity contribution >= 4 is 40.7 Å². The minimum absolute atomic E-state index is 0.106. The molecule has 9 heteroatoms. The molecule has 4 N–H and O–H groups in total. The minimum Gasteiger partial charge on any atom is -0.481 e. The number of amides is 3. The second-order valence-electron chi connectivity index (χ2n) is 8.38. The van der Waals surface area contributed by atoms with E-state index in [0.717, 1.165) is 23.4 Å². The third-order valence-corrected chi connectivity index (χ3v) is 5.58. The van der Waals surface area contributed by atoms with Gasteiger partial charge in [-0.3, -0.25) is 19.2 Å². The molecule has 2 unspecified atom stereocenters. The van der Waals surface area contributed by atoms with Crippen LogP contribution < -0.4 is 10.6 Å². The van der Waals surface area contributed by atoms with Gasteiger partial charge in [-0.2, -0.15) is 0 Å². The van der Waals surface area contributed by atoms with Crippen molar-refractivity contribution in [3.05, 3.63) is 72.3 Å². The fourth-order valence-corrected chi connectivity index (χ4v) is 3.70. The van der Waals surface area contributed by atoms with Gasteiger partial charge in [0.15, 0.2) is 0 Å². The summed E-state index contributed by atoms with van der Waals surface area (Å²) < 4.78 is 0. The second-order valence-corrected chi connectivity index (χ2v) is 8.38. The minimum atomic E-state index is -1.16. The summed E-state index contributed by atoms with van der Waals surface area (Å²) in [5.74, 6) is -2.60. The van der Waals surface area contributed by atoms with E-state index in [1.807, 2.05) is 49.4 Å². The summed E-state index contributed by atoms with van der Waals surface area (Å²) in [7, 11) is 0. The lowest BCUT2D eigenvalue weighted by Gasteiger charge is -2.27. The number of carbonyl (C=O) groups is 4. The molecule has 37 heavy (non-hydrogen) atoms. The lowest BCUT2D eigenvalue weighted by molar-refractivity contribution is -0.138. The van der Waals surface area contributed by atoms with Gasteiger partial charge in [0.25, 0.3) is 5.91 Å². The number of nitrogens with zero attached hydrogens (tertiary/aromatic N) is 1. The highest BCUT2D eigenvalue weighted by atomic mass is 16.4. The zero-order chi connectivity index (χ0) is 27.2. The highest BCUT2D eigenvalue weighted by Crippen LogP contribution is 2.18. The Hall–Kier alpha value is -4.27. The van der Waals surface area contributed by atoms with Crippen molar-refractivity contribution in [1.29, 1.82) is 5.41 Å². The van der Waals surface area contributed by atoms with Gasteiger partial charge in [0.05, 0.1) is 19.0 Å². The zero-order valence-electron chi connectivity index (χ0n) is 21.1. The predicted molar refractivity (Wildman–Crippen MR) is 144 cm³/mol. The number of hydrogen-bond donors (Lipinski definition) is 4. The van der Waals surface area contributed by atoms with Crippen molar-refractivity contribution < 1.29 is 24.3 Å². The topological polar surface area (TPSA) is 140 Å². The van der Waals surface area contributed by atoms with E-state index in [9.17, 15) is 19.2 Å². The monoisotopic (exact) mass is 506 g/mol. The molecule has 0 aliphatic heterocycles. The number of aliphatic carboxylic acids is 1. The number of allylic oxidation sites excluding steroid dienone is 3. The van der Waals surface area contributed by atoms with E-state index >= 15 is 0 Å². The van der Waals surface area contributed by atoms with E-state index in [2.05, 4.69) is 10.6 Å². The molecule has 2 rings (SSSR count). The molecule has 3 amide bonds. The maximum atomic E-state index is 13.4. The van der Waals surface area contributed by atoms with E-state index in [0.29, 0.717) is 12.0 Å². The number of carboxylic acid groups (broad SMARTS) is 1. The zero-order valence-corrected chi connectivity index (χ0v) is 21.1. The van der Waals surface area contributed by atoms with Gasteiger partial charge in [-0.1, -0.05) is 74.5 Å². The summed E-state index contributed by atoms with van der Waals surface area (Å²) in [5.41, 5.74) is 0.445. The molecule has 0 heterocycles. The van der Waals surface area contributed by atoms with Gasteiger partial charge in [-0.25, -0.2) is 0 Å². The third-order valence-electron chi connectivity index (χ3n) is 5.58. The van der Waals surface area contributed by atoms with Crippen molar-refractivity contribution in [2.75, 3.05) is 13.1 Å². The van der Waals surface area contributed by atoms with Crippen LogP contribution in [-0.4, -0.2) is 65.1 Å². The molecule has 0 aliphatic carbocycles. The maximum Gasteiger partial charge on any atom is 0.305 e. The number of carbonyl (C=O) groups excluding carboxylic acids is 3. The fourth-order valence-electron chi connectivity index (χ4n) is 3.70. The standard InChI is InChI=1S/C28H34N4O5/c1-3-5-6-7-10-16-32(19-25(33)30-21(18-29)17-26(34)35)28(37)24(4-2)31-27(36)23-15-11-13-20-12-8-9-14-22(20)23/h5-15,18,21,24,29H,3-4,16-17,19H2,1-2H3,(H,30,33)(H,31,36)(H,34,35)/b6-5-,10-7-,29-18?. The predicted octanol–water partition coefficient (Wildman–Crippen LogP) is 3.31. The summed E-state index contributed by atoms with van der Waals surface area (Å²) in [6, 6.07) is 11.0. The van der Waals surface area contributed by atoms with E-state index in [1.165, 1.54) is 4.90 Å². The highest BCUT2D eigenvalue weighted by molar-refractivity contribution is 6.08. The summed E-state index contributed by atoms with van der Waals surface area (Å²) in [5, 5.41) is 23.2. The molecule has 0 aromatic heterocycles. The Morgan fingerprint density at radius 3 is 2.38 bits per heavy atom. The van der Waals surface area contributed by atoms with Gasteiger partial charge in [0, 0.05) is 18.3 Å². The van der Waals surface area contributed by atoms with Gasteiger partial charge in [0.1, 0.15) is 6.04 Å². The number of benzene rings is 2. The highest BCUT2D eigenvalue weighted by Gasteiger charge is 2.27. The number of hydrogen-bond acceptors (Lipinski definition) is 5. The summed E-state index contributed by atoms with van der Waals surface area (Å²) in [6.45, 7) is 3.51. The largest absolute Gasteiger partial charge is 0.481 e. The molecule has 9 nitrogen and oxygen atoms in total. The molecule has 2 aromatic carbocycles. The second kappa shape index (κ2) is 15.0. The van der Waals surface area contributed by atoms with Crippen LogP contribution in [0.15, 0.2) is 66.8 Å². The van der Waals surface area contributed by atoms with Crippen LogP contribution in [0.5, 0.6) is 0 Å². The molecule has 0 saturated heterocycles. The molecular formula is C28H34N4O5. The SMILES string of the molecule is CC/C=C\C=C/CN(CC(=O)NC(C=N)CC(=O)O)C(=O)C(CC)NC(=O)c1cccc2ccccc12. The first kappa shape index (κ1) is 29.0. The first-order valence-corrected chi connectivity index (χ1v) is 12.2. The molecule has 0 spiro atoms. The Morgan fingerprint density at radius 2 is 1.70 bits per heavy atom. The van der Waals surface area contributed by atoms with Crippen LogP contribution in [0, 0.1) is 5.41 Å². The first-order chi connectivity index (χ1) is 17.8. The van der Waals surface area contributed by atoms with Crippen molar-refractivity contribution in [3.63, 3.8) is 0 Å². The summed E-state index contributed by atoms with van der Waals surface area (Å²) in [4.78, 5) is 51.4. The Balaban J connectivity index is 2.21. The number of carboxylic acids is 1. The van der Waals surface area contributed by atoms with Gasteiger partial charge >= 0.3 is 5.97 Å². The van der Waals surface area contributed by atoms with Gasteiger partial charge in [-0.15, -0.1) is 0 Å². The molecule has 0 aliphatic rings. The first-order valence-electron chi connectivity index (χ1n) is 12.2. The molecular weight excluding hydrogens is 472 g/mol. The Labute approximate surface area is 216 Å². The van der Waals surface area contributed by atoms with Crippen molar-refractivity contribution in [1.82, 2.24) is 15.5 Å². The lowest BCUT2D eigenvalue weighted by Crippen LogP contribution is -2.52. The van der Waals surface area contributed by atoms with Crippen molar-refractivity contribution in [2.45, 2.75) is 45.2 Å². The smallest absolute Gasteiger partial charge is 0.305 e. The van der Waals surface area contributed by atoms with Crippen LogP contribution in [0.25, 0.3) is 10.8 Å². The van der Waals surface area contributed by atoms with E-state index < -0.39 is 42.2 Å². The third kappa shape index (κ3) is 9.03. The van der Waals surface area contributed by atoms with Crippen LogP contribution in [0.4, 0.5) is 0 Å². The van der Waals surface area contributed by atoms with Crippen LogP contribution in [0.1, 0.15) is 43.5 Å². The summed E-state index contributed by atoms with van der Waals surface area (Å²) in [6.07, 6.45) is 8.81. The van der Waals surface area contributed by atoms with Gasteiger partial charge < -0.3 is 26.0 Å². The Kier molecular flexibility index (Phi) is 11.7. The van der Waals surface area contributed by atoms with Crippen LogP contribution >= 0.6 is 0 Å². The van der Waals surface area contributed by atoms with Crippen LogP contribution in [0.3, 0.4) is 0 Å². The van der Waals surface area contributed by atoms with Crippen LogP contribution in [-0.2, 0) is 14.4 Å². The molecule has 0 bridgehead atoms. The lowest BCUT2D eigenvalue weighted by atomic mass is 10.0. The van der Waals surface area contributed by atoms with Gasteiger partial charge in [-0.05, 0) is 29.7 Å². The fraction of sp³-hybridized carbons (Fsp3) is 0.321. The number of fused-ring (bicyclic) bond motifs is 1. The van der Waals surface area contributed by atoms with Crippen LogP contribution in [0.2, 0.25) is 0 Å². The maximum absolute atomic E-state index is 13.4. The average Bonchev–Trinajstić information content (AvgIpc) is 2.89. The average molecular weight is 507 g/mol. The number of rotatable bonds is 14. The van der Waals surface area contributed by atoms with Gasteiger partial charge in [0.2, 0.25) is 11.8 Å². The molecule has 2 atom stereocenters. The Morgan fingerprint density at radius 1 is 1.00 bits per heavy atom. The van der Waals surface area contributed by atoms with E-state index in [4.69, 9.17) is 10.5 Å². The molecule has 0 radical (unpaired) electrons.